The van der Waals surface area contributed by atoms with E-state index in [1.165, 1.54) is 17.4 Å². The summed E-state index contributed by atoms with van der Waals surface area (Å²) in [6, 6.07) is 6.96. The highest BCUT2D eigenvalue weighted by atomic mass is 35.5. The normalized spacial score (nSPS) is 10.3. The maximum Gasteiger partial charge on any atom is 0.340 e. The summed E-state index contributed by atoms with van der Waals surface area (Å²) in [6.07, 6.45) is 0.830. The zero-order chi connectivity index (χ0) is 17.0. The number of nitrogens with zero attached hydrogens (tertiary/aromatic N) is 1. The van der Waals surface area contributed by atoms with Crippen molar-refractivity contribution in [3.63, 3.8) is 0 Å². The first kappa shape index (κ1) is 17.1. The quantitative estimate of drug-likeness (QED) is 0.340. The number of hydrogen-bond donors (Lipinski definition) is 0. The van der Waals surface area contributed by atoms with E-state index in [2.05, 4.69) is 0 Å². The molecule has 0 spiro atoms. The molecule has 23 heavy (non-hydrogen) atoms. The summed E-state index contributed by atoms with van der Waals surface area (Å²) in [5.41, 5.74) is -0.251. The second kappa shape index (κ2) is 7.34. The van der Waals surface area contributed by atoms with Crippen molar-refractivity contribution in [2.45, 2.75) is 13.3 Å². The van der Waals surface area contributed by atoms with E-state index in [9.17, 15) is 19.7 Å². The van der Waals surface area contributed by atoms with Crippen LogP contribution in [0.4, 0.5) is 5.69 Å². The number of nitro groups is 1. The smallest absolute Gasteiger partial charge is 0.340 e. The third-order valence-corrected chi connectivity index (χ3v) is 4.59. The Kier molecular flexibility index (Phi) is 5.46. The van der Waals surface area contributed by atoms with Crippen molar-refractivity contribution in [1.82, 2.24) is 0 Å². The number of non-ortho nitro benzene ring substituents is 1. The predicted octanol–water partition coefficient (Wildman–Crippen LogP) is 3.91. The molecule has 1 aromatic heterocycles. The van der Waals surface area contributed by atoms with E-state index >= 15 is 0 Å². The van der Waals surface area contributed by atoms with Crippen LogP contribution in [0, 0.1) is 10.1 Å². The van der Waals surface area contributed by atoms with Crippen LogP contribution in [0.5, 0.6) is 0 Å². The van der Waals surface area contributed by atoms with Gasteiger partial charge in [0.25, 0.3) is 5.69 Å². The van der Waals surface area contributed by atoms with Gasteiger partial charge in [0.15, 0.2) is 6.61 Å². The monoisotopic (exact) mass is 353 g/mol. The van der Waals surface area contributed by atoms with Gasteiger partial charge in [0, 0.05) is 17.0 Å². The number of carbonyl (C=O) groups is 2. The highest BCUT2D eigenvalue weighted by molar-refractivity contribution is 7.14. The number of benzene rings is 1. The molecule has 0 N–H and O–H groups in total. The minimum atomic E-state index is -0.800. The summed E-state index contributed by atoms with van der Waals surface area (Å²) in [5, 5.41) is 10.5. The van der Waals surface area contributed by atoms with E-state index < -0.39 is 17.5 Å². The molecule has 120 valence electrons. The summed E-state index contributed by atoms with van der Waals surface area (Å²) in [4.78, 5) is 35.5. The number of esters is 1. The van der Waals surface area contributed by atoms with Crippen LogP contribution in [0.2, 0.25) is 5.02 Å². The first-order valence-corrected chi connectivity index (χ1v) is 7.84. The van der Waals surface area contributed by atoms with Gasteiger partial charge in [0.05, 0.1) is 20.4 Å². The van der Waals surface area contributed by atoms with Crippen molar-refractivity contribution in [3.05, 3.63) is 60.8 Å². The van der Waals surface area contributed by atoms with E-state index in [0.29, 0.717) is 4.88 Å². The van der Waals surface area contributed by atoms with Crippen molar-refractivity contribution in [2.75, 3.05) is 6.61 Å². The van der Waals surface area contributed by atoms with Crippen LogP contribution in [-0.4, -0.2) is 23.3 Å². The van der Waals surface area contributed by atoms with Gasteiger partial charge < -0.3 is 4.74 Å². The van der Waals surface area contributed by atoms with E-state index in [-0.39, 0.29) is 22.1 Å². The molecule has 0 atom stereocenters. The minimum absolute atomic E-state index is 0.0227. The first-order chi connectivity index (χ1) is 10.9. The standard InChI is InChI=1S/C15H12ClNO5S/c1-2-10-4-6-14(23-10)13(18)8-22-15(19)11-5-3-9(17(20)21)7-12(11)16/h3-7H,2,8H2,1H3. The van der Waals surface area contributed by atoms with E-state index in [1.54, 1.807) is 6.07 Å². The second-order valence-corrected chi connectivity index (χ2v) is 6.12. The molecule has 0 fully saturated rings. The van der Waals surface area contributed by atoms with Crippen LogP contribution in [0.15, 0.2) is 30.3 Å². The topological polar surface area (TPSA) is 86.5 Å². The average molecular weight is 354 g/mol. The minimum Gasteiger partial charge on any atom is -0.454 e. The zero-order valence-electron chi connectivity index (χ0n) is 12.1. The maximum atomic E-state index is 11.9. The Balaban J connectivity index is 2.02. The van der Waals surface area contributed by atoms with E-state index in [0.717, 1.165) is 23.4 Å². The molecule has 0 aliphatic rings. The summed E-state index contributed by atoms with van der Waals surface area (Å²) in [6.45, 7) is 1.58. The van der Waals surface area contributed by atoms with Crippen molar-refractivity contribution in [3.8, 4) is 0 Å². The molecular weight excluding hydrogens is 342 g/mol. The Morgan fingerprint density at radius 2 is 2.04 bits per heavy atom. The molecule has 0 unspecified atom stereocenters. The van der Waals surface area contributed by atoms with Gasteiger partial charge in [0.1, 0.15) is 0 Å². The number of halogens is 1. The lowest BCUT2D eigenvalue weighted by Crippen LogP contribution is -2.13. The molecule has 0 bridgehead atoms. The van der Waals surface area contributed by atoms with Gasteiger partial charge in [-0.2, -0.15) is 0 Å². The van der Waals surface area contributed by atoms with Crippen LogP contribution in [0.1, 0.15) is 31.8 Å². The molecule has 0 aliphatic heterocycles. The Labute approximate surface area is 140 Å². The molecule has 2 aromatic rings. The third kappa shape index (κ3) is 4.14. The highest BCUT2D eigenvalue weighted by Gasteiger charge is 2.18. The molecular formula is C15H12ClNO5S. The van der Waals surface area contributed by atoms with Crippen LogP contribution in [0.3, 0.4) is 0 Å². The molecule has 2 rings (SSSR count). The molecule has 0 saturated heterocycles. The number of nitro benzene ring substituents is 1. The lowest BCUT2D eigenvalue weighted by atomic mass is 10.2. The van der Waals surface area contributed by atoms with E-state index in [4.69, 9.17) is 16.3 Å². The fourth-order valence-electron chi connectivity index (χ4n) is 1.78. The maximum absolute atomic E-state index is 11.9. The van der Waals surface area contributed by atoms with Gasteiger partial charge in [-0.1, -0.05) is 18.5 Å². The molecule has 1 heterocycles. The lowest BCUT2D eigenvalue weighted by Gasteiger charge is -2.05. The van der Waals surface area contributed by atoms with Crippen LogP contribution in [0.25, 0.3) is 0 Å². The number of hydrogen-bond acceptors (Lipinski definition) is 6. The number of rotatable bonds is 6. The Bertz CT molecular complexity index is 771. The summed E-state index contributed by atoms with van der Waals surface area (Å²) >= 11 is 7.19. The number of aryl methyl sites for hydroxylation is 1. The van der Waals surface area contributed by atoms with Gasteiger partial charge >= 0.3 is 5.97 Å². The van der Waals surface area contributed by atoms with Crippen LogP contribution >= 0.6 is 22.9 Å². The number of Topliss-reactive ketones (excluding diaryl/α,β-unsaturated/α-hetero) is 1. The molecule has 6 nitrogen and oxygen atoms in total. The molecule has 8 heteroatoms. The molecule has 0 amide bonds. The summed E-state index contributed by atoms with van der Waals surface area (Å²) in [5.74, 6) is -1.10. The number of ether oxygens (including phenoxy) is 1. The fraction of sp³-hybridized carbons (Fsp3) is 0.200. The first-order valence-electron chi connectivity index (χ1n) is 6.65. The Hall–Kier alpha value is -2.25. The molecule has 0 radical (unpaired) electrons. The molecule has 0 saturated carbocycles. The Morgan fingerprint density at radius 1 is 1.30 bits per heavy atom. The largest absolute Gasteiger partial charge is 0.454 e. The van der Waals surface area contributed by atoms with Crippen molar-refractivity contribution < 1.29 is 19.2 Å². The van der Waals surface area contributed by atoms with Gasteiger partial charge in [-0.3, -0.25) is 14.9 Å². The van der Waals surface area contributed by atoms with Crippen molar-refractivity contribution >= 4 is 40.4 Å². The van der Waals surface area contributed by atoms with Gasteiger partial charge in [-0.15, -0.1) is 11.3 Å². The van der Waals surface area contributed by atoms with Gasteiger partial charge in [0.2, 0.25) is 5.78 Å². The summed E-state index contributed by atoms with van der Waals surface area (Å²) < 4.78 is 4.93. The molecule has 0 aliphatic carbocycles. The average Bonchev–Trinajstić information content (AvgIpc) is 3.01. The van der Waals surface area contributed by atoms with Gasteiger partial charge in [-0.25, -0.2) is 4.79 Å². The van der Waals surface area contributed by atoms with Crippen LogP contribution in [-0.2, 0) is 11.2 Å². The predicted molar refractivity (Wildman–Crippen MR) is 86.4 cm³/mol. The zero-order valence-corrected chi connectivity index (χ0v) is 13.6. The summed E-state index contributed by atoms with van der Waals surface area (Å²) in [7, 11) is 0. The lowest BCUT2D eigenvalue weighted by molar-refractivity contribution is -0.384. The van der Waals surface area contributed by atoms with Crippen molar-refractivity contribution in [2.24, 2.45) is 0 Å². The second-order valence-electron chi connectivity index (χ2n) is 4.54. The van der Waals surface area contributed by atoms with Gasteiger partial charge in [-0.05, 0) is 24.6 Å². The Morgan fingerprint density at radius 3 is 2.61 bits per heavy atom. The molecule has 1 aromatic carbocycles. The fourth-order valence-corrected chi connectivity index (χ4v) is 2.90. The SMILES string of the molecule is CCc1ccc(C(=O)COC(=O)c2ccc([N+](=O)[O-])cc2Cl)s1. The number of thiophene rings is 1. The van der Waals surface area contributed by atoms with Crippen molar-refractivity contribution in [1.29, 1.82) is 0 Å². The third-order valence-electron chi connectivity index (χ3n) is 3.00. The number of carbonyl (C=O) groups excluding carboxylic acids is 2. The van der Waals surface area contributed by atoms with Crippen LogP contribution < -0.4 is 0 Å². The highest BCUT2D eigenvalue weighted by Crippen LogP contribution is 2.23. The van der Waals surface area contributed by atoms with E-state index in [1.807, 2.05) is 13.0 Å². The number of ketones is 1.